The number of anilines is 2. The van der Waals surface area contributed by atoms with Gasteiger partial charge in [0.05, 0.1) is 5.92 Å². The summed E-state index contributed by atoms with van der Waals surface area (Å²) in [6, 6.07) is 11.9. The molecule has 0 bridgehead atoms. The van der Waals surface area contributed by atoms with Crippen molar-refractivity contribution in [2.24, 2.45) is 5.92 Å². The van der Waals surface area contributed by atoms with Gasteiger partial charge in [0, 0.05) is 28.8 Å². The highest BCUT2D eigenvalue weighted by atomic mass is 79.9. The number of aryl methyl sites for hydroxylation is 3. The van der Waals surface area contributed by atoms with E-state index >= 15 is 0 Å². The zero-order valence-electron chi connectivity index (χ0n) is 15.3. The summed E-state index contributed by atoms with van der Waals surface area (Å²) in [6.07, 6.45) is 1.21. The minimum absolute atomic E-state index is 0.00175. The number of carbonyl (C=O) groups excluding carboxylic acids is 2. The van der Waals surface area contributed by atoms with Crippen LogP contribution in [0.5, 0.6) is 0 Å². The summed E-state index contributed by atoms with van der Waals surface area (Å²) in [6.45, 7) is 6.47. The molecule has 0 aromatic heterocycles. The third-order valence-electron chi connectivity index (χ3n) is 4.92. The first-order valence-corrected chi connectivity index (χ1v) is 9.65. The number of carbonyl (C=O) groups is 2. The molecule has 3 rings (SSSR count). The van der Waals surface area contributed by atoms with E-state index in [1.807, 2.05) is 50.2 Å². The molecule has 26 heavy (non-hydrogen) atoms. The summed E-state index contributed by atoms with van der Waals surface area (Å²) < 4.78 is 1.02. The Kier molecular flexibility index (Phi) is 5.47. The Bertz CT molecular complexity index is 846. The first kappa shape index (κ1) is 18.6. The van der Waals surface area contributed by atoms with Crippen molar-refractivity contribution in [1.29, 1.82) is 0 Å². The summed E-state index contributed by atoms with van der Waals surface area (Å²) in [7, 11) is 0. The lowest BCUT2D eigenvalue weighted by molar-refractivity contribution is -0.122. The number of halogens is 1. The summed E-state index contributed by atoms with van der Waals surface area (Å²) >= 11 is 3.50. The Morgan fingerprint density at radius 3 is 2.54 bits per heavy atom. The highest BCUT2D eigenvalue weighted by molar-refractivity contribution is 9.10. The second-order valence-electron chi connectivity index (χ2n) is 6.83. The van der Waals surface area contributed by atoms with Crippen LogP contribution in [-0.2, 0) is 16.0 Å². The van der Waals surface area contributed by atoms with E-state index in [0.29, 0.717) is 6.54 Å². The molecule has 5 heteroatoms. The van der Waals surface area contributed by atoms with Crippen molar-refractivity contribution in [3.8, 4) is 0 Å². The molecule has 1 fully saturated rings. The van der Waals surface area contributed by atoms with Crippen LogP contribution in [-0.4, -0.2) is 18.4 Å². The van der Waals surface area contributed by atoms with Crippen LogP contribution in [0.2, 0.25) is 0 Å². The fraction of sp³-hybridized carbons (Fsp3) is 0.333. The molecule has 0 spiro atoms. The van der Waals surface area contributed by atoms with Gasteiger partial charge in [0.15, 0.2) is 0 Å². The highest BCUT2D eigenvalue weighted by Crippen LogP contribution is 2.28. The minimum atomic E-state index is -0.336. The molecular formula is C21H23BrN2O2. The van der Waals surface area contributed by atoms with E-state index in [1.165, 1.54) is 5.56 Å². The second-order valence-corrected chi connectivity index (χ2v) is 7.69. The van der Waals surface area contributed by atoms with Gasteiger partial charge in [-0.3, -0.25) is 9.59 Å². The number of rotatable bonds is 4. The molecule has 136 valence electrons. The Hall–Kier alpha value is -2.14. The number of hydrogen-bond acceptors (Lipinski definition) is 2. The molecule has 1 atom stereocenters. The standard InChI is InChI=1S/C21H23BrN2O2/c1-4-15-5-7-17(8-6-15)24-12-16(11-20(24)25)21(26)23-19-10-13(2)18(22)9-14(19)3/h5-10,16H,4,11-12H2,1-3H3,(H,23,26)/t16-/m0/s1. The molecule has 1 N–H and O–H groups in total. The Labute approximate surface area is 162 Å². The van der Waals surface area contributed by atoms with Gasteiger partial charge in [0.25, 0.3) is 0 Å². The van der Waals surface area contributed by atoms with Crippen LogP contribution in [0.4, 0.5) is 11.4 Å². The van der Waals surface area contributed by atoms with Crippen LogP contribution in [0, 0.1) is 19.8 Å². The lowest BCUT2D eigenvalue weighted by Gasteiger charge is -2.17. The molecule has 1 aliphatic heterocycles. The van der Waals surface area contributed by atoms with E-state index in [0.717, 1.165) is 33.4 Å². The number of amides is 2. The highest BCUT2D eigenvalue weighted by Gasteiger charge is 2.35. The van der Waals surface area contributed by atoms with Crippen molar-refractivity contribution in [1.82, 2.24) is 0 Å². The quantitative estimate of drug-likeness (QED) is 0.792. The van der Waals surface area contributed by atoms with Crippen LogP contribution in [0.15, 0.2) is 40.9 Å². The Morgan fingerprint density at radius 2 is 1.88 bits per heavy atom. The SMILES string of the molecule is CCc1ccc(N2C[C@@H](C(=O)Nc3cc(C)c(Br)cc3C)CC2=O)cc1. The zero-order valence-corrected chi connectivity index (χ0v) is 16.9. The fourth-order valence-electron chi connectivity index (χ4n) is 3.19. The average molecular weight is 415 g/mol. The normalized spacial score (nSPS) is 16.8. The van der Waals surface area contributed by atoms with Gasteiger partial charge < -0.3 is 10.2 Å². The Balaban J connectivity index is 1.71. The van der Waals surface area contributed by atoms with E-state index in [-0.39, 0.29) is 24.2 Å². The summed E-state index contributed by atoms with van der Waals surface area (Å²) in [4.78, 5) is 26.8. The van der Waals surface area contributed by atoms with Gasteiger partial charge in [-0.2, -0.15) is 0 Å². The van der Waals surface area contributed by atoms with Crippen molar-refractivity contribution in [2.45, 2.75) is 33.6 Å². The van der Waals surface area contributed by atoms with Crippen LogP contribution in [0.3, 0.4) is 0 Å². The molecule has 0 radical (unpaired) electrons. The van der Waals surface area contributed by atoms with Crippen LogP contribution >= 0.6 is 15.9 Å². The predicted octanol–water partition coefficient (Wildman–Crippen LogP) is 4.62. The summed E-state index contributed by atoms with van der Waals surface area (Å²) in [5.74, 6) is -0.439. The molecule has 4 nitrogen and oxygen atoms in total. The predicted molar refractivity (Wildman–Crippen MR) is 109 cm³/mol. The third kappa shape index (κ3) is 3.83. The van der Waals surface area contributed by atoms with Gasteiger partial charge in [-0.05, 0) is 61.2 Å². The number of nitrogens with zero attached hydrogens (tertiary/aromatic N) is 1. The first-order valence-electron chi connectivity index (χ1n) is 8.86. The smallest absolute Gasteiger partial charge is 0.229 e. The van der Waals surface area contributed by atoms with Crippen LogP contribution in [0.1, 0.15) is 30.0 Å². The molecule has 2 aromatic rings. The van der Waals surface area contributed by atoms with Gasteiger partial charge in [0.1, 0.15) is 0 Å². The van der Waals surface area contributed by atoms with Gasteiger partial charge in [-0.1, -0.05) is 35.0 Å². The third-order valence-corrected chi connectivity index (χ3v) is 5.77. The van der Waals surface area contributed by atoms with Gasteiger partial charge in [-0.25, -0.2) is 0 Å². The van der Waals surface area contributed by atoms with Crippen LogP contribution < -0.4 is 10.2 Å². The second kappa shape index (κ2) is 7.62. The number of benzene rings is 2. The van der Waals surface area contributed by atoms with E-state index < -0.39 is 0 Å². The molecule has 0 aliphatic carbocycles. The minimum Gasteiger partial charge on any atom is -0.326 e. The van der Waals surface area contributed by atoms with E-state index in [9.17, 15) is 9.59 Å². The van der Waals surface area contributed by atoms with Crippen molar-refractivity contribution >= 4 is 39.1 Å². The van der Waals surface area contributed by atoms with E-state index in [4.69, 9.17) is 0 Å². The molecule has 2 aromatic carbocycles. The van der Waals surface area contributed by atoms with Gasteiger partial charge in [-0.15, -0.1) is 0 Å². The average Bonchev–Trinajstić information content (AvgIpc) is 3.01. The van der Waals surface area contributed by atoms with Crippen molar-refractivity contribution in [3.63, 3.8) is 0 Å². The maximum Gasteiger partial charge on any atom is 0.229 e. The zero-order chi connectivity index (χ0) is 18.8. The maximum atomic E-state index is 12.7. The van der Waals surface area contributed by atoms with E-state index in [1.54, 1.807) is 4.90 Å². The summed E-state index contributed by atoms with van der Waals surface area (Å²) in [5, 5.41) is 2.99. The summed E-state index contributed by atoms with van der Waals surface area (Å²) in [5.41, 5.74) is 4.95. The van der Waals surface area contributed by atoms with Crippen molar-refractivity contribution in [2.75, 3.05) is 16.8 Å². The largest absolute Gasteiger partial charge is 0.326 e. The molecule has 0 unspecified atom stereocenters. The number of hydrogen-bond donors (Lipinski definition) is 1. The topological polar surface area (TPSA) is 49.4 Å². The van der Waals surface area contributed by atoms with Crippen molar-refractivity contribution in [3.05, 3.63) is 57.6 Å². The lowest BCUT2D eigenvalue weighted by atomic mass is 10.1. The molecule has 2 amide bonds. The molecule has 0 saturated carbocycles. The van der Waals surface area contributed by atoms with Gasteiger partial charge in [0.2, 0.25) is 11.8 Å². The van der Waals surface area contributed by atoms with E-state index in [2.05, 4.69) is 28.2 Å². The first-order chi connectivity index (χ1) is 12.4. The molecule has 1 aliphatic rings. The lowest BCUT2D eigenvalue weighted by Crippen LogP contribution is -2.28. The fourth-order valence-corrected chi connectivity index (χ4v) is 3.65. The van der Waals surface area contributed by atoms with Gasteiger partial charge >= 0.3 is 0 Å². The van der Waals surface area contributed by atoms with Crippen molar-refractivity contribution < 1.29 is 9.59 Å². The Morgan fingerprint density at radius 1 is 1.19 bits per heavy atom. The monoisotopic (exact) mass is 414 g/mol. The maximum absolute atomic E-state index is 12.7. The molecule has 1 saturated heterocycles. The number of nitrogens with one attached hydrogen (secondary N) is 1. The molecular weight excluding hydrogens is 392 g/mol. The molecule has 1 heterocycles. The van der Waals surface area contributed by atoms with Crippen LogP contribution in [0.25, 0.3) is 0 Å².